The van der Waals surface area contributed by atoms with Crippen LogP contribution in [-0.2, 0) is 4.74 Å². The summed E-state index contributed by atoms with van der Waals surface area (Å²) in [6, 6.07) is 0. The van der Waals surface area contributed by atoms with Gasteiger partial charge in [0.1, 0.15) is 12.3 Å². The van der Waals surface area contributed by atoms with Crippen molar-refractivity contribution in [3.8, 4) is 0 Å². The molecule has 0 radical (unpaired) electrons. The van der Waals surface area contributed by atoms with Crippen molar-refractivity contribution in [1.82, 2.24) is 9.55 Å². The topological polar surface area (TPSA) is 105 Å². The van der Waals surface area contributed by atoms with Crippen LogP contribution in [0.2, 0.25) is 0 Å². The van der Waals surface area contributed by atoms with E-state index in [4.69, 9.17) is 9.84 Å². The molecule has 94 valence electrons. The second-order valence-corrected chi connectivity index (χ2v) is 4.09. The van der Waals surface area contributed by atoms with E-state index in [0.717, 1.165) is 0 Å². The zero-order valence-electron chi connectivity index (χ0n) is 9.29. The van der Waals surface area contributed by atoms with Gasteiger partial charge in [0.25, 0.3) is 5.56 Å². The number of hydrogen-bond donors (Lipinski definition) is 3. The summed E-state index contributed by atoms with van der Waals surface area (Å²) in [7, 11) is 0. The van der Waals surface area contributed by atoms with Gasteiger partial charge in [-0.05, 0) is 6.92 Å². The molecule has 0 aromatic carbocycles. The quantitative estimate of drug-likeness (QED) is 0.586. The highest BCUT2D eigenvalue weighted by Crippen LogP contribution is 2.27. The van der Waals surface area contributed by atoms with E-state index in [1.54, 1.807) is 6.92 Å². The van der Waals surface area contributed by atoms with Crippen molar-refractivity contribution in [3.63, 3.8) is 0 Å². The second-order valence-electron chi connectivity index (χ2n) is 4.09. The highest BCUT2D eigenvalue weighted by molar-refractivity contribution is 5.02. The van der Waals surface area contributed by atoms with Gasteiger partial charge in [-0.3, -0.25) is 14.3 Å². The van der Waals surface area contributed by atoms with Crippen LogP contribution in [0.5, 0.6) is 0 Å². The monoisotopic (exact) mass is 244 g/mol. The van der Waals surface area contributed by atoms with Crippen LogP contribution in [0.3, 0.4) is 0 Å². The third-order valence-corrected chi connectivity index (χ3v) is 2.84. The molecule has 1 aromatic rings. The summed E-state index contributed by atoms with van der Waals surface area (Å²) in [5.74, 6) is 0. The largest absolute Gasteiger partial charge is 0.394 e. The Morgan fingerprint density at radius 1 is 1.59 bits per heavy atom. The van der Waals surface area contributed by atoms with Gasteiger partial charge in [0.15, 0.2) is 0 Å². The lowest BCUT2D eigenvalue weighted by atomic mass is 10.2. The summed E-state index contributed by atoms with van der Waals surface area (Å²) >= 11 is 0. The smallest absolute Gasteiger partial charge is 0.330 e. The standard InChI is InChI=1S/C10H14N2O5/c1-5-3-12(10(16)11-9(5)15)8-2-6(14)7(4-13)17-8/h3,6-8,13-14H,2,4H2,1H3,(H,11,15,16)/t6-,7+,8+/m0/s1/i9+1,10+1. The summed E-state index contributed by atoms with van der Waals surface area (Å²) in [4.78, 5) is 24.9. The zero-order chi connectivity index (χ0) is 12.6. The van der Waals surface area contributed by atoms with Crippen molar-refractivity contribution in [2.45, 2.75) is 31.8 Å². The summed E-state index contributed by atoms with van der Waals surface area (Å²) in [6.45, 7) is 1.26. The molecule has 0 spiro atoms. The third kappa shape index (κ3) is 2.17. The van der Waals surface area contributed by atoms with Gasteiger partial charge < -0.3 is 14.9 Å². The van der Waals surface area contributed by atoms with E-state index < -0.39 is 29.7 Å². The number of rotatable bonds is 2. The maximum atomic E-state index is 11.6. The average molecular weight is 244 g/mol. The van der Waals surface area contributed by atoms with Gasteiger partial charge in [-0.1, -0.05) is 0 Å². The van der Waals surface area contributed by atoms with Crippen LogP contribution < -0.4 is 11.2 Å². The maximum Gasteiger partial charge on any atom is 0.330 e. The molecule has 0 bridgehead atoms. The third-order valence-electron chi connectivity index (χ3n) is 2.84. The van der Waals surface area contributed by atoms with Crippen LogP contribution in [-0.4, -0.2) is 38.6 Å². The molecule has 0 saturated carbocycles. The molecule has 1 saturated heterocycles. The normalized spacial score (nSPS) is 28.5. The number of aryl methyl sites for hydroxylation is 1. The number of aromatic nitrogens is 2. The Labute approximate surface area is 96.3 Å². The van der Waals surface area contributed by atoms with Crippen LogP contribution in [0.25, 0.3) is 0 Å². The lowest BCUT2D eigenvalue weighted by Gasteiger charge is -2.14. The molecule has 1 aliphatic heterocycles. The molecular formula is C10H14N2O5. The molecular weight excluding hydrogens is 230 g/mol. The highest BCUT2D eigenvalue weighted by Gasteiger charge is 2.34. The number of nitrogens with zero attached hydrogens (tertiary/aromatic N) is 1. The first-order chi connectivity index (χ1) is 8.02. The van der Waals surface area contributed by atoms with E-state index in [1.165, 1.54) is 10.8 Å². The fourth-order valence-electron chi connectivity index (χ4n) is 1.85. The van der Waals surface area contributed by atoms with Gasteiger partial charge in [-0.15, -0.1) is 0 Å². The van der Waals surface area contributed by atoms with Gasteiger partial charge in [0.05, 0.1) is 12.7 Å². The number of nitrogens with one attached hydrogen (secondary N) is 1. The van der Waals surface area contributed by atoms with Crippen LogP contribution >= 0.6 is 0 Å². The lowest BCUT2D eigenvalue weighted by molar-refractivity contribution is -0.0459. The molecule has 0 amide bonds. The minimum atomic E-state index is -0.816. The molecule has 2 rings (SSSR count). The summed E-state index contributed by atoms with van der Waals surface area (Å²) in [5, 5.41) is 18.5. The van der Waals surface area contributed by atoms with Crippen LogP contribution in [0, 0.1) is 6.92 Å². The number of hydrogen-bond acceptors (Lipinski definition) is 5. The van der Waals surface area contributed by atoms with Gasteiger partial charge in [0.2, 0.25) is 0 Å². The number of aliphatic hydroxyl groups is 2. The Balaban J connectivity index is 2.34. The van der Waals surface area contributed by atoms with Crippen molar-refractivity contribution < 1.29 is 14.9 Å². The van der Waals surface area contributed by atoms with Crippen molar-refractivity contribution in [1.29, 1.82) is 0 Å². The van der Waals surface area contributed by atoms with Crippen LogP contribution in [0.4, 0.5) is 0 Å². The van der Waals surface area contributed by atoms with Crippen molar-refractivity contribution in [3.05, 3.63) is 32.6 Å². The van der Waals surface area contributed by atoms with E-state index in [9.17, 15) is 14.7 Å². The Hall–Kier alpha value is -1.44. The summed E-state index contributed by atoms with van der Waals surface area (Å²) < 4.78 is 6.54. The molecule has 1 fully saturated rings. The minimum Gasteiger partial charge on any atom is -0.394 e. The molecule has 7 heteroatoms. The van der Waals surface area contributed by atoms with Crippen LogP contribution in [0.1, 0.15) is 18.2 Å². The Kier molecular flexibility index (Phi) is 3.14. The first kappa shape index (κ1) is 12.0. The first-order valence-electron chi connectivity index (χ1n) is 5.29. The molecule has 3 N–H and O–H groups in total. The number of H-pyrrole nitrogens is 1. The van der Waals surface area contributed by atoms with Gasteiger partial charge in [0, 0.05) is 18.2 Å². The van der Waals surface area contributed by atoms with E-state index in [1.807, 2.05) is 0 Å². The first-order valence-corrected chi connectivity index (χ1v) is 5.29. The Bertz CT molecular complexity index is 520. The molecule has 7 nitrogen and oxygen atoms in total. The Morgan fingerprint density at radius 3 is 2.88 bits per heavy atom. The number of ether oxygens (including phenoxy) is 1. The van der Waals surface area contributed by atoms with Gasteiger partial charge in [-0.2, -0.15) is 0 Å². The average Bonchev–Trinajstić information content (AvgIpc) is 2.65. The maximum absolute atomic E-state index is 11.6. The molecule has 17 heavy (non-hydrogen) atoms. The zero-order valence-corrected chi connectivity index (χ0v) is 9.29. The molecule has 1 aromatic heterocycles. The summed E-state index contributed by atoms with van der Waals surface area (Å²) in [5.41, 5.74) is -0.643. The van der Waals surface area contributed by atoms with E-state index in [-0.39, 0.29) is 13.0 Å². The van der Waals surface area contributed by atoms with Gasteiger partial charge in [-0.25, -0.2) is 4.79 Å². The minimum absolute atomic E-state index is 0.205. The molecule has 1 aliphatic rings. The number of aliphatic hydroxyl groups excluding tert-OH is 2. The van der Waals surface area contributed by atoms with Gasteiger partial charge >= 0.3 is 5.69 Å². The molecule has 2 heterocycles. The van der Waals surface area contributed by atoms with Crippen molar-refractivity contribution in [2.75, 3.05) is 6.61 Å². The lowest BCUT2D eigenvalue weighted by Crippen LogP contribution is -2.33. The SMILES string of the molecule is Cc1cn([C@H]2C[C@H](O)[C@@H](CO)O2)[13c](=O)[nH][13c]1=O. The predicted octanol–water partition coefficient (Wildman–Crippen LogP) is -1.51. The second kappa shape index (κ2) is 4.44. The number of aromatic amines is 1. The molecule has 0 unspecified atom stereocenters. The Morgan fingerprint density at radius 2 is 2.29 bits per heavy atom. The van der Waals surface area contributed by atoms with E-state index in [0.29, 0.717) is 5.56 Å². The van der Waals surface area contributed by atoms with Crippen molar-refractivity contribution in [2.24, 2.45) is 0 Å². The van der Waals surface area contributed by atoms with E-state index in [2.05, 4.69) is 4.98 Å². The van der Waals surface area contributed by atoms with Crippen LogP contribution in [0.15, 0.2) is 15.8 Å². The fourth-order valence-corrected chi connectivity index (χ4v) is 1.85. The summed E-state index contributed by atoms with van der Waals surface area (Å²) in [6.07, 6.45) is -0.581. The fraction of sp³-hybridized carbons (Fsp3) is 0.600. The van der Waals surface area contributed by atoms with Crippen molar-refractivity contribution >= 4 is 0 Å². The predicted molar refractivity (Wildman–Crippen MR) is 57.7 cm³/mol. The highest BCUT2D eigenvalue weighted by atomic mass is 16.5. The molecule has 3 atom stereocenters. The molecule has 0 aliphatic carbocycles. The van der Waals surface area contributed by atoms with E-state index >= 15 is 0 Å².